The van der Waals surface area contributed by atoms with E-state index in [9.17, 15) is 0 Å². The fourth-order valence-corrected chi connectivity index (χ4v) is 2.62. The van der Waals surface area contributed by atoms with Crippen LogP contribution in [0.2, 0.25) is 0 Å². The Morgan fingerprint density at radius 2 is 2.17 bits per heavy atom. The summed E-state index contributed by atoms with van der Waals surface area (Å²) < 4.78 is 3.98. The smallest absolute Gasteiger partial charge is 0.0706 e. The average Bonchev–Trinajstić information content (AvgIpc) is 2.88. The van der Waals surface area contributed by atoms with Crippen LogP contribution in [0.15, 0.2) is 24.4 Å². The van der Waals surface area contributed by atoms with E-state index in [4.69, 9.17) is 0 Å². The SMILES string of the molecule is CCCNC(c1cnns1)c1cc(C)ccc1C. The molecule has 96 valence electrons. The van der Waals surface area contributed by atoms with Crippen LogP contribution in [0.5, 0.6) is 0 Å². The fourth-order valence-electron chi connectivity index (χ4n) is 2.03. The van der Waals surface area contributed by atoms with Gasteiger partial charge in [-0.25, -0.2) is 0 Å². The van der Waals surface area contributed by atoms with Crippen molar-refractivity contribution in [3.05, 3.63) is 46.0 Å². The summed E-state index contributed by atoms with van der Waals surface area (Å²) in [5, 5.41) is 7.54. The van der Waals surface area contributed by atoms with Crippen LogP contribution in [0.25, 0.3) is 0 Å². The number of benzene rings is 1. The van der Waals surface area contributed by atoms with Gasteiger partial charge in [-0.1, -0.05) is 35.2 Å². The Balaban J connectivity index is 2.36. The van der Waals surface area contributed by atoms with Gasteiger partial charge < -0.3 is 5.32 Å². The molecule has 2 rings (SSSR count). The highest BCUT2D eigenvalue weighted by Crippen LogP contribution is 2.27. The normalized spacial score (nSPS) is 12.6. The summed E-state index contributed by atoms with van der Waals surface area (Å²) in [6, 6.07) is 6.80. The van der Waals surface area contributed by atoms with Crippen LogP contribution in [0.3, 0.4) is 0 Å². The van der Waals surface area contributed by atoms with Gasteiger partial charge >= 0.3 is 0 Å². The molecule has 3 nitrogen and oxygen atoms in total. The standard InChI is InChI=1S/C14H19N3S/c1-4-7-15-14(13-9-16-17-18-13)12-8-10(2)5-6-11(12)3/h5-6,8-9,14-15H,4,7H2,1-3H3. The molecule has 1 unspecified atom stereocenters. The van der Waals surface area contributed by atoms with Crippen molar-refractivity contribution >= 4 is 11.5 Å². The lowest BCUT2D eigenvalue weighted by Crippen LogP contribution is -2.23. The molecule has 18 heavy (non-hydrogen) atoms. The second-order valence-electron chi connectivity index (χ2n) is 4.57. The fraction of sp³-hybridized carbons (Fsp3) is 0.429. The summed E-state index contributed by atoms with van der Waals surface area (Å²) in [4.78, 5) is 1.18. The molecule has 0 aliphatic heterocycles. The lowest BCUT2D eigenvalue weighted by atomic mass is 9.98. The number of hydrogen-bond donors (Lipinski definition) is 1. The zero-order valence-corrected chi connectivity index (χ0v) is 11.9. The van der Waals surface area contributed by atoms with E-state index in [2.05, 4.69) is 53.9 Å². The molecule has 1 heterocycles. The minimum Gasteiger partial charge on any atom is -0.305 e. The van der Waals surface area contributed by atoms with Crippen LogP contribution in [0.1, 0.15) is 41.0 Å². The van der Waals surface area contributed by atoms with Crippen molar-refractivity contribution in [2.75, 3.05) is 6.54 Å². The molecule has 4 heteroatoms. The summed E-state index contributed by atoms with van der Waals surface area (Å²) in [6.07, 6.45) is 2.98. The lowest BCUT2D eigenvalue weighted by Gasteiger charge is -2.19. The number of aromatic nitrogens is 2. The minimum absolute atomic E-state index is 0.213. The molecule has 1 aromatic heterocycles. The molecule has 2 aromatic rings. The Kier molecular flexibility index (Phi) is 4.44. The average molecular weight is 261 g/mol. The van der Waals surface area contributed by atoms with Gasteiger partial charge in [0.15, 0.2) is 0 Å². The first-order chi connectivity index (χ1) is 8.72. The maximum absolute atomic E-state index is 3.98. The number of nitrogens with zero attached hydrogens (tertiary/aromatic N) is 2. The predicted molar refractivity (Wildman–Crippen MR) is 76.0 cm³/mol. The highest BCUT2D eigenvalue weighted by Gasteiger charge is 2.17. The molecule has 0 aliphatic carbocycles. The van der Waals surface area contributed by atoms with E-state index in [-0.39, 0.29) is 6.04 Å². The van der Waals surface area contributed by atoms with E-state index in [1.807, 2.05) is 6.20 Å². The quantitative estimate of drug-likeness (QED) is 0.898. The third kappa shape index (κ3) is 2.94. The molecule has 1 aromatic carbocycles. The highest BCUT2D eigenvalue weighted by atomic mass is 32.1. The van der Waals surface area contributed by atoms with Crippen LogP contribution in [0.4, 0.5) is 0 Å². The highest BCUT2D eigenvalue weighted by molar-refractivity contribution is 7.05. The van der Waals surface area contributed by atoms with Gasteiger partial charge in [-0.05, 0) is 49.5 Å². The molecule has 0 bridgehead atoms. The summed E-state index contributed by atoms with van der Waals surface area (Å²) in [5.41, 5.74) is 3.92. The van der Waals surface area contributed by atoms with E-state index >= 15 is 0 Å². The van der Waals surface area contributed by atoms with E-state index in [1.165, 1.54) is 33.1 Å². The third-order valence-electron chi connectivity index (χ3n) is 3.01. The van der Waals surface area contributed by atoms with E-state index in [1.54, 1.807) is 0 Å². The van der Waals surface area contributed by atoms with Crippen molar-refractivity contribution in [3.63, 3.8) is 0 Å². The Morgan fingerprint density at radius 3 is 2.83 bits per heavy atom. The molecule has 0 fully saturated rings. The first-order valence-corrected chi connectivity index (χ1v) is 7.07. The predicted octanol–water partition coefficient (Wildman–Crippen LogP) is 3.24. The topological polar surface area (TPSA) is 37.8 Å². The Labute approximate surface area is 112 Å². The summed E-state index contributed by atoms with van der Waals surface area (Å²) in [7, 11) is 0. The summed E-state index contributed by atoms with van der Waals surface area (Å²) in [5.74, 6) is 0. The van der Waals surface area contributed by atoms with Gasteiger partial charge in [-0.15, -0.1) is 5.10 Å². The maximum atomic E-state index is 3.98. The summed E-state index contributed by atoms with van der Waals surface area (Å²) >= 11 is 1.47. The molecule has 0 amide bonds. The number of aryl methyl sites for hydroxylation is 2. The largest absolute Gasteiger partial charge is 0.305 e. The van der Waals surface area contributed by atoms with Crippen LogP contribution in [-0.2, 0) is 0 Å². The van der Waals surface area contributed by atoms with Crippen LogP contribution in [-0.4, -0.2) is 16.1 Å². The van der Waals surface area contributed by atoms with Crippen molar-refractivity contribution in [1.82, 2.24) is 14.9 Å². The second-order valence-corrected chi connectivity index (χ2v) is 5.38. The van der Waals surface area contributed by atoms with Crippen LogP contribution < -0.4 is 5.32 Å². The van der Waals surface area contributed by atoms with Crippen LogP contribution >= 0.6 is 11.5 Å². The van der Waals surface area contributed by atoms with E-state index in [0.29, 0.717) is 0 Å². The van der Waals surface area contributed by atoms with Crippen molar-refractivity contribution in [2.24, 2.45) is 0 Å². The second kappa shape index (κ2) is 6.07. The number of rotatable bonds is 5. The van der Waals surface area contributed by atoms with Gasteiger partial charge in [-0.2, -0.15) is 0 Å². The molecule has 1 atom stereocenters. The molecule has 0 radical (unpaired) electrons. The Bertz CT molecular complexity index is 494. The van der Waals surface area contributed by atoms with E-state index in [0.717, 1.165) is 13.0 Å². The third-order valence-corrected chi connectivity index (χ3v) is 3.73. The molecule has 0 aliphatic rings. The van der Waals surface area contributed by atoms with Crippen molar-refractivity contribution < 1.29 is 0 Å². The van der Waals surface area contributed by atoms with Crippen LogP contribution in [0, 0.1) is 13.8 Å². The van der Waals surface area contributed by atoms with Gasteiger partial charge in [0, 0.05) is 0 Å². The number of nitrogens with one attached hydrogen (secondary N) is 1. The van der Waals surface area contributed by atoms with Gasteiger partial charge in [-0.3, -0.25) is 0 Å². The molecule has 0 spiro atoms. The first-order valence-electron chi connectivity index (χ1n) is 6.30. The van der Waals surface area contributed by atoms with Gasteiger partial charge in [0.2, 0.25) is 0 Å². The van der Waals surface area contributed by atoms with Gasteiger partial charge in [0.1, 0.15) is 0 Å². The lowest BCUT2D eigenvalue weighted by molar-refractivity contribution is 0.602. The first kappa shape index (κ1) is 13.2. The van der Waals surface area contributed by atoms with Gasteiger partial charge in [0.25, 0.3) is 0 Å². The van der Waals surface area contributed by atoms with E-state index < -0.39 is 0 Å². The Hall–Kier alpha value is -1.26. The summed E-state index contributed by atoms with van der Waals surface area (Å²) in [6.45, 7) is 7.46. The number of hydrogen-bond acceptors (Lipinski definition) is 4. The molecule has 0 saturated carbocycles. The maximum Gasteiger partial charge on any atom is 0.0706 e. The zero-order chi connectivity index (χ0) is 13.0. The minimum atomic E-state index is 0.213. The molecular weight excluding hydrogens is 242 g/mol. The van der Waals surface area contributed by atoms with Crippen molar-refractivity contribution in [1.29, 1.82) is 0 Å². The van der Waals surface area contributed by atoms with Crippen molar-refractivity contribution in [2.45, 2.75) is 33.2 Å². The monoisotopic (exact) mass is 261 g/mol. The Morgan fingerprint density at radius 1 is 1.33 bits per heavy atom. The van der Waals surface area contributed by atoms with Crippen molar-refractivity contribution in [3.8, 4) is 0 Å². The molecule has 1 N–H and O–H groups in total. The molecule has 0 saturated heterocycles. The van der Waals surface area contributed by atoms with Gasteiger partial charge in [0.05, 0.1) is 17.1 Å². The molecular formula is C14H19N3S. The zero-order valence-electron chi connectivity index (χ0n) is 11.1.